The van der Waals surface area contributed by atoms with E-state index in [1.165, 1.54) is 30.0 Å². The molecule has 5 nitrogen and oxygen atoms in total. The van der Waals surface area contributed by atoms with Crippen LogP contribution in [0.4, 0.5) is 13.2 Å². The number of hydrogen-bond acceptors (Lipinski definition) is 4. The third-order valence-electron chi connectivity index (χ3n) is 5.41. The lowest BCUT2D eigenvalue weighted by atomic mass is 10.0. The predicted octanol–water partition coefficient (Wildman–Crippen LogP) is 5.12. The van der Waals surface area contributed by atoms with Crippen molar-refractivity contribution in [2.45, 2.75) is 32.0 Å². The number of carbonyl (C=O) groups is 1. The van der Waals surface area contributed by atoms with E-state index in [0.29, 0.717) is 5.56 Å². The molecule has 1 aliphatic rings. The Morgan fingerprint density at radius 2 is 1.88 bits per heavy atom. The molecular weight excluding hydrogens is 447 g/mol. The Kier molecular flexibility index (Phi) is 6.15. The Morgan fingerprint density at radius 1 is 1.16 bits per heavy atom. The van der Waals surface area contributed by atoms with Crippen molar-refractivity contribution in [1.82, 2.24) is 4.90 Å². The lowest BCUT2D eigenvalue weighted by Gasteiger charge is -2.30. The largest absolute Gasteiger partial charge is 0.478 e. The number of benzene rings is 2. The van der Waals surface area contributed by atoms with Crippen molar-refractivity contribution < 1.29 is 27.1 Å². The van der Waals surface area contributed by atoms with E-state index in [4.69, 9.17) is 20.8 Å². The molecule has 1 aromatic heterocycles. The summed E-state index contributed by atoms with van der Waals surface area (Å²) in [5.41, 5.74) is -0.102. The van der Waals surface area contributed by atoms with Crippen LogP contribution in [0.5, 0.6) is 5.75 Å². The van der Waals surface area contributed by atoms with Gasteiger partial charge < -0.3 is 14.1 Å². The molecule has 0 aliphatic carbocycles. The summed E-state index contributed by atoms with van der Waals surface area (Å²) < 4.78 is 52.3. The fraction of sp³-hybridized carbons (Fsp3) is 0.304. The minimum absolute atomic E-state index is 0.0159. The molecular formula is C23H19ClF3NO4. The van der Waals surface area contributed by atoms with Gasteiger partial charge in [0.05, 0.1) is 5.02 Å². The molecule has 4 rings (SSSR count). The van der Waals surface area contributed by atoms with Crippen LogP contribution in [-0.4, -0.2) is 36.2 Å². The monoisotopic (exact) mass is 465 g/mol. The lowest BCUT2D eigenvalue weighted by Crippen LogP contribution is -2.45. The molecule has 32 heavy (non-hydrogen) atoms. The number of rotatable bonds is 4. The molecule has 9 heteroatoms. The standard InChI is InChI=1S/C23H19ClF3NO4/c1-12(23(30)28-6-4-13(25)5-7-28)31-21-11-20-17(9-19(21)27)16(10-22(29)32-20)15-3-2-14(26)8-18(15)24/h2-3,8-13H,4-7H2,1H3/t12-/m1/s1. The Morgan fingerprint density at radius 3 is 2.56 bits per heavy atom. The van der Waals surface area contributed by atoms with Gasteiger partial charge >= 0.3 is 5.63 Å². The third-order valence-corrected chi connectivity index (χ3v) is 5.72. The summed E-state index contributed by atoms with van der Waals surface area (Å²) in [6, 6.07) is 7.08. The Bertz CT molecular complexity index is 1240. The first-order valence-electron chi connectivity index (χ1n) is 10.1. The van der Waals surface area contributed by atoms with Crippen molar-refractivity contribution in [2.75, 3.05) is 13.1 Å². The highest BCUT2D eigenvalue weighted by Gasteiger charge is 2.27. The zero-order chi connectivity index (χ0) is 23.0. The molecule has 0 spiro atoms. The van der Waals surface area contributed by atoms with Gasteiger partial charge in [0, 0.05) is 41.7 Å². The smallest absolute Gasteiger partial charge is 0.336 e. The number of nitrogens with zero attached hydrogens (tertiary/aromatic N) is 1. The Balaban J connectivity index is 1.67. The maximum absolute atomic E-state index is 14.9. The summed E-state index contributed by atoms with van der Waals surface area (Å²) in [4.78, 5) is 26.2. The zero-order valence-electron chi connectivity index (χ0n) is 17.0. The van der Waals surface area contributed by atoms with Gasteiger partial charge in [0.15, 0.2) is 17.7 Å². The third kappa shape index (κ3) is 4.46. The topological polar surface area (TPSA) is 59.8 Å². The van der Waals surface area contributed by atoms with Crippen molar-refractivity contribution >= 4 is 28.5 Å². The van der Waals surface area contributed by atoms with Crippen molar-refractivity contribution in [3.8, 4) is 16.9 Å². The summed E-state index contributed by atoms with van der Waals surface area (Å²) in [5.74, 6) is -2.00. The molecule has 1 fully saturated rings. The molecule has 1 amide bonds. The van der Waals surface area contributed by atoms with Crippen LogP contribution in [-0.2, 0) is 4.79 Å². The average Bonchev–Trinajstić information content (AvgIpc) is 2.74. The normalized spacial score (nSPS) is 15.7. The second-order valence-corrected chi connectivity index (χ2v) is 8.05. The van der Waals surface area contributed by atoms with E-state index in [1.54, 1.807) is 0 Å². The maximum Gasteiger partial charge on any atom is 0.336 e. The molecule has 0 radical (unpaired) electrons. The molecule has 2 heterocycles. The number of alkyl halides is 1. The summed E-state index contributed by atoms with van der Waals surface area (Å²) >= 11 is 6.12. The van der Waals surface area contributed by atoms with E-state index >= 15 is 0 Å². The summed E-state index contributed by atoms with van der Waals surface area (Å²) in [6.07, 6.45) is -1.45. The first-order valence-corrected chi connectivity index (χ1v) is 10.4. The molecule has 1 atom stereocenters. The van der Waals surface area contributed by atoms with Crippen LogP contribution in [0.2, 0.25) is 5.02 Å². The van der Waals surface area contributed by atoms with Crippen molar-refractivity contribution in [2.24, 2.45) is 0 Å². The van der Waals surface area contributed by atoms with Crippen molar-refractivity contribution in [1.29, 1.82) is 0 Å². The van der Waals surface area contributed by atoms with Crippen LogP contribution in [0.15, 0.2) is 45.6 Å². The number of piperidine rings is 1. The quantitative estimate of drug-likeness (QED) is 0.502. The van der Waals surface area contributed by atoms with Crippen LogP contribution >= 0.6 is 11.6 Å². The summed E-state index contributed by atoms with van der Waals surface area (Å²) in [7, 11) is 0. The molecule has 3 aromatic rings. The SMILES string of the molecule is C[C@@H](Oc1cc2oc(=O)cc(-c3ccc(F)cc3Cl)c2cc1F)C(=O)N1CCC(F)CC1. The number of likely N-dealkylation sites (tertiary alicyclic amines) is 1. The second kappa shape index (κ2) is 8.86. The van der Waals surface area contributed by atoms with Crippen molar-refractivity contribution in [3.05, 3.63) is 63.5 Å². The van der Waals surface area contributed by atoms with E-state index < -0.39 is 29.5 Å². The number of hydrogen-bond donors (Lipinski definition) is 0. The van der Waals surface area contributed by atoms with Gasteiger partial charge in [-0.1, -0.05) is 11.6 Å². The van der Waals surface area contributed by atoms with Gasteiger partial charge in [-0.3, -0.25) is 4.79 Å². The zero-order valence-corrected chi connectivity index (χ0v) is 17.8. The first kappa shape index (κ1) is 22.2. The number of amides is 1. The van der Waals surface area contributed by atoms with Gasteiger partial charge in [-0.15, -0.1) is 0 Å². The molecule has 0 saturated carbocycles. The molecule has 0 N–H and O–H groups in total. The minimum Gasteiger partial charge on any atom is -0.478 e. The number of halogens is 4. The van der Waals surface area contributed by atoms with Gasteiger partial charge in [0.2, 0.25) is 0 Å². The Hall–Kier alpha value is -3.00. The van der Waals surface area contributed by atoms with Gasteiger partial charge in [0.25, 0.3) is 5.91 Å². The van der Waals surface area contributed by atoms with Crippen molar-refractivity contribution in [3.63, 3.8) is 0 Å². The van der Waals surface area contributed by atoms with Crippen LogP contribution < -0.4 is 10.4 Å². The second-order valence-electron chi connectivity index (χ2n) is 7.64. The summed E-state index contributed by atoms with van der Waals surface area (Å²) in [6.45, 7) is 2.01. The van der Waals surface area contributed by atoms with Gasteiger partial charge in [-0.2, -0.15) is 0 Å². The minimum atomic E-state index is -1.03. The number of carbonyl (C=O) groups excluding carboxylic acids is 1. The molecule has 1 aliphatic heterocycles. The maximum atomic E-state index is 14.9. The fourth-order valence-electron chi connectivity index (χ4n) is 3.75. The Labute approximate surface area is 186 Å². The lowest BCUT2D eigenvalue weighted by molar-refractivity contribution is -0.139. The predicted molar refractivity (Wildman–Crippen MR) is 114 cm³/mol. The first-order chi connectivity index (χ1) is 15.2. The molecule has 0 unspecified atom stereocenters. The summed E-state index contributed by atoms with van der Waals surface area (Å²) in [5, 5.41) is 0.279. The number of ether oxygens (including phenoxy) is 1. The van der Waals surface area contributed by atoms with Gasteiger partial charge in [-0.05, 0) is 44.0 Å². The highest BCUT2D eigenvalue weighted by Crippen LogP contribution is 2.35. The molecule has 1 saturated heterocycles. The van der Waals surface area contributed by atoms with Crippen LogP contribution in [0.1, 0.15) is 19.8 Å². The van der Waals surface area contributed by atoms with E-state index in [1.807, 2.05) is 0 Å². The fourth-order valence-corrected chi connectivity index (χ4v) is 4.02. The molecule has 168 valence electrons. The van der Waals surface area contributed by atoms with Gasteiger partial charge in [0.1, 0.15) is 17.6 Å². The van der Waals surface area contributed by atoms with E-state index in [2.05, 4.69) is 0 Å². The average molecular weight is 466 g/mol. The van der Waals surface area contributed by atoms with E-state index in [9.17, 15) is 22.8 Å². The highest BCUT2D eigenvalue weighted by molar-refractivity contribution is 6.33. The van der Waals surface area contributed by atoms with E-state index in [0.717, 1.165) is 18.2 Å². The molecule has 0 bridgehead atoms. The van der Waals surface area contributed by atoms with Crippen LogP contribution in [0.3, 0.4) is 0 Å². The van der Waals surface area contributed by atoms with Crippen LogP contribution in [0, 0.1) is 11.6 Å². The van der Waals surface area contributed by atoms with Gasteiger partial charge in [-0.25, -0.2) is 18.0 Å². The van der Waals surface area contributed by atoms with E-state index in [-0.39, 0.29) is 59.1 Å². The molecule has 2 aromatic carbocycles. The number of fused-ring (bicyclic) bond motifs is 1. The van der Waals surface area contributed by atoms with Crippen LogP contribution in [0.25, 0.3) is 22.1 Å². The highest BCUT2D eigenvalue weighted by atomic mass is 35.5.